The van der Waals surface area contributed by atoms with Crippen LogP contribution in [0.1, 0.15) is 32.6 Å². The molecule has 0 saturated heterocycles. The van der Waals surface area contributed by atoms with Crippen molar-refractivity contribution in [2.75, 3.05) is 0 Å². The van der Waals surface area contributed by atoms with E-state index >= 15 is 0 Å². The van der Waals surface area contributed by atoms with E-state index in [1.54, 1.807) is 0 Å². The van der Waals surface area contributed by atoms with Crippen molar-refractivity contribution in [3.05, 3.63) is 100 Å². The molecule has 0 N–H and O–H groups in total. The molecule has 0 radical (unpaired) electrons. The average molecular weight is 348 g/mol. The molecule has 0 aliphatic heterocycles. The molecule has 3 rings (SSSR count). The van der Waals surface area contributed by atoms with Crippen LogP contribution in [0.3, 0.4) is 0 Å². The molecule has 0 aromatic heterocycles. The number of carbonyl (C=O) groups is 1. The molecule has 0 heterocycles. The standard InChI is InChI=1S/C23H21FO2/c1-16-12-17(2)23(26-15-18-6-4-3-5-7-18)20(13-16)14-22(25)19-8-10-21(24)11-9-19/h3-13H,14-15H2,1-2H3. The highest BCUT2D eigenvalue weighted by molar-refractivity contribution is 5.97. The molecule has 0 bridgehead atoms. The Balaban J connectivity index is 1.83. The molecule has 0 amide bonds. The monoisotopic (exact) mass is 348 g/mol. The van der Waals surface area contributed by atoms with Crippen molar-refractivity contribution in [1.29, 1.82) is 0 Å². The van der Waals surface area contributed by atoms with E-state index < -0.39 is 0 Å². The lowest BCUT2D eigenvalue weighted by atomic mass is 9.98. The number of carbonyl (C=O) groups excluding carboxylic acids is 1. The van der Waals surface area contributed by atoms with Gasteiger partial charge in [-0.2, -0.15) is 0 Å². The van der Waals surface area contributed by atoms with Crippen molar-refractivity contribution in [1.82, 2.24) is 0 Å². The lowest BCUT2D eigenvalue weighted by molar-refractivity contribution is 0.0991. The van der Waals surface area contributed by atoms with Crippen molar-refractivity contribution in [3.8, 4) is 5.75 Å². The zero-order chi connectivity index (χ0) is 18.5. The number of ketones is 1. The van der Waals surface area contributed by atoms with Crippen LogP contribution in [-0.4, -0.2) is 5.78 Å². The summed E-state index contributed by atoms with van der Waals surface area (Å²) in [4.78, 5) is 12.6. The van der Waals surface area contributed by atoms with Crippen LogP contribution in [0.25, 0.3) is 0 Å². The molecule has 0 aliphatic carbocycles. The molecule has 0 fully saturated rings. The highest BCUT2D eigenvalue weighted by atomic mass is 19.1. The van der Waals surface area contributed by atoms with Gasteiger partial charge >= 0.3 is 0 Å². The SMILES string of the molecule is Cc1cc(C)c(OCc2ccccc2)c(CC(=O)c2ccc(F)cc2)c1. The van der Waals surface area contributed by atoms with Gasteiger partial charge in [0, 0.05) is 17.5 Å². The van der Waals surface area contributed by atoms with Crippen LogP contribution in [0.5, 0.6) is 5.75 Å². The van der Waals surface area contributed by atoms with Crippen LogP contribution in [-0.2, 0) is 13.0 Å². The fraction of sp³-hybridized carbons (Fsp3) is 0.174. The molecule has 3 heteroatoms. The maximum absolute atomic E-state index is 13.1. The highest BCUT2D eigenvalue weighted by Gasteiger charge is 2.14. The number of hydrogen-bond donors (Lipinski definition) is 0. The smallest absolute Gasteiger partial charge is 0.167 e. The number of halogens is 1. The van der Waals surface area contributed by atoms with E-state index in [0.717, 1.165) is 28.0 Å². The Bertz CT molecular complexity index is 899. The van der Waals surface area contributed by atoms with Gasteiger partial charge in [0.1, 0.15) is 18.2 Å². The lowest BCUT2D eigenvalue weighted by Crippen LogP contribution is -2.07. The molecule has 0 atom stereocenters. The Kier molecular flexibility index (Phi) is 5.47. The first-order valence-electron chi connectivity index (χ1n) is 8.58. The summed E-state index contributed by atoms with van der Waals surface area (Å²) >= 11 is 0. The summed E-state index contributed by atoms with van der Waals surface area (Å²) in [7, 11) is 0. The van der Waals surface area contributed by atoms with Gasteiger partial charge in [-0.3, -0.25) is 4.79 Å². The zero-order valence-corrected chi connectivity index (χ0v) is 15.0. The Morgan fingerprint density at radius 1 is 0.962 bits per heavy atom. The minimum atomic E-state index is -0.347. The molecular formula is C23H21FO2. The molecule has 0 spiro atoms. The number of benzene rings is 3. The van der Waals surface area contributed by atoms with Gasteiger partial charge < -0.3 is 4.74 Å². The molecule has 3 aromatic rings. The summed E-state index contributed by atoms with van der Waals surface area (Å²) in [6, 6.07) is 19.6. The third kappa shape index (κ3) is 4.37. The van der Waals surface area contributed by atoms with Crippen molar-refractivity contribution in [3.63, 3.8) is 0 Å². The minimum absolute atomic E-state index is 0.0560. The fourth-order valence-electron chi connectivity index (χ4n) is 3.02. The van der Waals surface area contributed by atoms with E-state index in [2.05, 4.69) is 0 Å². The largest absolute Gasteiger partial charge is 0.488 e. The third-order valence-corrected chi connectivity index (χ3v) is 4.24. The first-order chi connectivity index (χ1) is 12.5. The van der Waals surface area contributed by atoms with Crippen molar-refractivity contribution in [2.45, 2.75) is 26.9 Å². The molecule has 0 unspecified atom stereocenters. The fourth-order valence-corrected chi connectivity index (χ4v) is 3.02. The normalized spacial score (nSPS) is 10.6. The Morgan fingerprint density at radius 2 is 1.65 bits per heavy atom. The van der Waals surface area contributed by atoms with E-state index in [1.807, 2.05) is 56.3 Å². The first-order valence-corrected chi connectivity index (χ1v) is 8.58. The third-order valence-electron chi connectivity index (χ3n) is 4.24. The topological polar surface area (TPSA) is 26.3 Å². The molecule has 132 valence electrons. The number of Topliss-reactive ketones (excluding diaryl/α,β-unsaturated/α-hetero) is 1. The second-order valence-corrected chi connectivity index (χ2v) is 6.45. The summed E-state index contributed by atoms with van der Waals surface area (Å²) < 4.78 is 19.1. The summed E-state index contributed by atoms with van der Waals surface area (Å²) in [6.07, 6.45) is 0.221. The van der Waals surface area contributed by atoms with Crippen molar-refractivity contribution in [2.24, 2.45) is 0 Å². The van der Waals surface area contributed by atoms with Crippen LogP contribution in [0.15, 0.2) is 66.7 Å². The van der Waals surface area contributed by atoms with Gasteiger partial charge in [-0.1, -0.05) is 48.0 Å². The second kappa shape index (κ2) is 7.96. The zero-order valence-electron chi connectivity index (χ0n) is 15.0. The van der Waals surface area contributed by atoms with Crippen LogP contribution in [0, 0.1) is 19.7 Å². The van der Waals surface area contributed by atoms with Gasteiger partial charge in [-0.05, 0) is 49.2 Å². The lowest BCUT2D eigenvalue weighted by Gasteiger charge is -2.15. The molecule has 2 nitrogen and oxygen atoms in total. The number of aryl methyl sites for hydroxylation is 2. The predicted molar refractivity (Wildman–Crippen MR) is 101 cm³/mol. The maximum Gasteiger partial charge on any atom is 0.167 e. The molecule has 0 saturated carbocycles. The molecule has 3 aromatic carbocycles. The van der Waals surface area contributed by atoms with Gasteiger partial charge in [-0.25, -0.2) is 4.39 Å². The summed E-state index contributed by atoms with van der Waals surface area (Å²) in [5.74, 6) is 0.342. The number of rotatable bonds is 6. The van der Waals surface area contributed by atoms with Gasteiger partial charge in [0.15, 0.2) is 5.78 Å². The second-order valence-electron chi connectivity index (χ2n) is 6.45. The van der Waals surface area contributed by atoms with Gasteiger partial charge in [0.25, 0.3) is 0 Å². The summed E-state index contributed by atoms with van der Waals surface area (Å²) in [5.41, 5.74) is 4.51. The molecular weight excluding hydrogens is 327 g/mol. The predicted octanol–water partition coefficient (Wildman–Crippen LogP) is 5.45. The van der Waals surface area contributed by atoms with Gasteiger partial charge in [0.05, 0.1) is 0 Å². The Hall–Kier alpha value is -2.94. The van der Waals surface area contributed by atoms with Gasteiger partial charge in [-0.15, -0.1) is 0 Å². The van der Waals surface area contributed by atoms with Crippen molar-refractivity contribution >= 4 is 5.78 Å². The van der Waals surface area contributed by atoms with Gasteiger partial charge in [0.2, 0.25) is 0 Å². The molecule has 0 aliphatic rings. The highest BCUT2D eigenvalue weighted by Crippen LogP contribution is 2.28. The van der Waals surface area contributed by atoms with Crippen LogP contribution >= 0.6 is 0 Å². The number of ether oxygens (including phenoxy) is 1. The van der Waals surface area contributed by atoms with Crippen LogP contribution < -0.4 is 4.74 Å². The van der Waals surface area contributed by atoms with E-state index in [1.165, 1.54) is 24.3 Å². The Labute approximate surface area is 153 Å². The quantitative estimate of drug-likeness (QED) is 0.554. The van der Waals surface area contributed by atoms with Crippen molar-refractivity contribution < 1.29 is 13.9 Å². The van der Waals surface area contributed by atoms with E-state index in [0.29, 0.717) is 12.2 Å². The Morgan fingerprint density at radius 3 is 2.35 bits per heavy atom. The summed E-state index contributed by atoms with van der Waals surface area (Å²) in [5, 5.41) is 0. The minimum Gasteiger partial charge on any atom is -0.488 e. The summed E-state index contributed by atoms with van der Waals surface area (Å²) in [6.45, 7) is 4.43. The van der Waals surface area contributed by atoms with E-state index in [-0.39, 0.29) is 18.0 Å². The average Bonchev–Trinajstić information content (AvgIpc) is 2.62. The molecule has 26 heavy (non-hydrogen) atoms. The maximum atomic E-state index is 13.1. The van der Waals surface area contributed by atoms with Crippen LogP contribution in [0.4, 0.5) is 4.39 Å². The number of hydrogen-bond acceptors (Lipinski definition) is 2. The van der Waals surface area contributed by atoms with Crippen LogP contribution in [0.2, 0.25) is 0 Å². The first kappa shape index (κ1) is 17.9. The van der Waals surface area contributed by atoms with E-state index in [9.17, 15) is 9.18 Å². The van der Waals surface area contributed by atoms with E-state index in [4.69, 9.17) is 4.74 Å².